The fraction of sp³-hybridized carbons (Fsp3) is 0.0769. The Balaban J connectivity index is 2.48. The molecular formula is C13H11BrN4. The molecule has 0 aliphatic heterocycles. The zero-order valence-corrected chi connectivity index (χ0v) is 11.3. The first kappa shape index (κ1) is 12.4. The standard InChI is InChI=1S/C13H11BrN4/c1-18(12-5-3-2-4-9(12)7-15)13-11(16)6-10(14)8-17-13/h2-6,8H,16H2,1H3. The second-order valence-electron chi connectivity index (χ2n) is 3.75. The SMILES string of the molecule is CN(c1ccccc1C#N)c1ncc(Br)cc1N. The van der Waals surface area contributed by atoms with Crippen molar-refractivity contribution in [2.24, 2.45) is 0 Å². The second-order valence-corrected chi connectivity index (χ2v) is 4.67. The van der Waals surface area contributed by atoms with Crippen LogP contribution in [-0.2, 0) is 0 Å². The molecule has 2 rings (SSSR count). The molecule has 1 aromatic carbocycles. The predicted octanol–water partition coefficient (Wildman–Crippen LogP) is 3.07. The van der Waals surface area contributed by atoms with E-state index in [9.17, 15) is 0 Å². The summed E-state index contributed by atoms with van der Waals surface area (Å²) in [6.07, 6.45) is 1.68. The second kappa shape index (κ2) is 5.07. The molecule has 2 aromatic rings. The van der Waals surface area contributed by atoms with Crippen molar-refractivity contribution in [3.8, 4) is 6.07 Å². The molecule has 2 N–H and O–H groups in total. The molecule has 0 fully saturated rings. The van der Waals surface area contributed by atoms with Crippen LogP contribution in [0.4, 0.5) is 17.2 Å². The molecule has 0 radical (unpaired) electrons. The molecule has 0 saturated heterocycles. The van der Waals surface area contributed by atoms with Crippen LogP contribution >= 0.6 is 15.9 Å². The molecule has 0 aliphatic carbocycles. The minimum Gasteiger partial charge on any atom is -0.396 e. The van der Waals surface area contributed by atoms with E-state index in [4.69, 9.17) is 11.0 Å². The minimum absolute atomic E-state index is 0.555. The Labute approximate surface area is 114 Å². The van der Waals surface area contributed by atoms with Crippen LogP contribution < -0.4 is 10.6 Å². The van der Waals surface area contributed by atoms with E-state index in [0.29, 0.717) is 17.1 Å². The van der Waals surface area contributed by atoms with Crippen LogP contribution in [0.3, 0.4) is 0 Å². The average Bonchev–Trinajstić information content (AvgIpc) is 2.38. The van der Waals surface area contributed by atoms with Crippen molar-refractivity contribution in [3.63, 3.8) is 0 Å². The number of pyridine rings is 1. The lowest BCUT2D eigenvalue weighted by Gasteiger charge is -2.20. The molecular weight excluding hydrogens is 292 g/mol. The van der Waals surface area contributed by atoms with Gasteiger partial charge in [0, 0.05) is 17.7 Å². The zero-order chi connectivity index (χ0) is 13.1. The third-order valence-corrected chi connectivity index (χ3v) is 3.00. The van der Waals surface area contributed by atoms with Gasteiger partial charge in [0.1, 0.15) is 6.07 Å². The van der Waals surface area contributed by atoms with Crippen molar-refractivity contribution >= 4 is 33.1 Å². The Morgan fingerprint density at radius 3 is 2.78 bits per heavy atom. The van der Waals surface area contributed by atoms with E-state index in [1.807, 2.05) is 25.2 Å². The summed E-state index contributed by atoms with van der Waals surface area (Å²) >= 11 is 3.32. The van der Waals surface area contributed by atoms with Crippen LogP contribution in [0.25, 0.3) is 0 Å². The number of nitriles is 1. The number of aromatic nitrogens is 1. The smallest absolute Gasteiger partial charge is 0.156 e. The van der Waals surface area contributed by atoms with Crippen molar-refractivity contribution in [3.05, 3.63) is 46.6 Å². The molecule has 90 valence electrons. The Bertz CT molecular complexity index is 619. The van der Waals surface area contributed by atoms with E-state index in [-0.39, 0.29) is 0 Å². The number of hydrogen-bond acceptors (Lipinski definition) is 4. The third-order valence-electron chi connectivity index (χ3n) is 2.57. The molecule has 0 bridgehead atoms. The summed E-state index contributed by atoms with van der Waals surface area (Å²) < 4.78 is 0.825. The fourth-order valence-electron chi connectivity index (χ4n) is 1.70. The number of para-hydroxylation sites is 1. The fourth-order valence-corrected chi connectivity index (χ4v) is 2.05. The summed E-state index contributed by atoms with van der Waals surface area (Å²) in [7, 11) is 1.84. The predicted molar refractivity (Wildman–Crippen MR) is 75.6 cm³/mol. The van der Waals surface area contributed by atoms with Crippen molar-refractivity contribution in [1.29, 1.82) is 5.26 Å². The third kappa shape index (κ3) is 2.29. The first-order chi connectivity index (χ1) is 8.63. The molecule has 1 aromatic heterocycles. The van der Waals surface area contributed by atoms with E-state index in [1.165, 1.54) is 0 Å². The minimum atomic E-state index is 0.555. The molecule has 0 saturated carbocycles. The van der Waals surface area contributed by atoms with Crippen LogP contribution in [0, 0.1) is 11.3 Å². The molecule has 0 unspecified atom stereocenters. The van der Waals surface area contributed by atoms with Gasteiger partial charge in [-0.15, -0.1) is 0 Å². The van der Waals surface area contributed by atoms with Gasteiger partial charge in [0.25, 0.3) is 0 Å². The molecule has 0 spiro atoms. The van der Waals surface area contributed by atoms with Gasteiger partial charge in [-0.1, -0.05) is 12.1 Å². The van der Waals surface area contributed by atoms with Gasteiger partial charge in [0.05, 0.1) is 16.9 Å². The van der Waals surface area contributed by atoms with Gasteiger partial charge in [-0.3, -0.25) is 0 Å². The molecule has 0 amide bonds. The summed E-state index contributed by atoms with van der Waals surface area (Å²) in [5.74, 6) is 0.626. The van der Waals surface area contributed by atoms with Crippen LogP contribution in [0.15, 0.2) is 41.0 Å². The number of anilines is 3. The monoisotopic (exact) mass is 302 g/mol. The molecule has 4 nitrogen and oxygen atoms in total. The van der Waals surface area contributed by atoms with Gasteiger partial charge < -0.3 is 10.6 Å². The van der Waals surface area contributed by atoms with Crippen LogP contribution in [0.5, 0.6) is 0 Å². The lowest BCUT2D eigenvalue weighted by atomic mass is 10.2. The van der Waals surface area contributed by atoms with E-state index in [0.717, 1.165) is 10.2 Å². The maximum Gasteiger partial charge on any atom is 0.156 e. The molecule has 1 heterocycles. The lowest BCUT2D eigenvalue weighted by molar-refractivity contribution is 1.12. The van der Waals surface area contributed by atoms with Crippen LogP contribution in [0.1, 0.15) is 5.56 Å². The number of benzene rings is 1. The Kier molecular flexibility index (Phi) is 3.49. The number of halogens is 1. The highest BCUT2D eigenvalue weighted by Gasteiger charge is 2.12. The molecule has 5 heteroatoms. The van der Waals surface area contributed by atoms with Gasteiger partial charge in [-0.2, -0.15) is 5.26 Å². The van der Waals surface area contributed by atoms with Gasteiger partial charge in [-0.25, -0.2) is 4.98 Å². The van der Waals surface area contributed by atoms with E-state index >= 15 is 0 Å². The Morgan fingerprint density at radius 1 is 1.39 bits per heavy atom. The summed E-state index contributed by atoms with van der Waals surface area (Å²) in [6, 6.07) is 11.3. The summed E-state index contributed by atoms with van der Waals surface area (Å²) in [5, 5.41) is 9.09. The normalized spacial score (nSPS) is 9.83. The van der Waals surface area contributed by atoms with E-state index < -0.39 is 0 Å². The average molecular weight is 303 g/mol. The van der Waals surface area contributed by atoms with Crippen molar-refractivity contribution < 1.29 is 0 Å². The van der Waals surface area contributed by atoms with Crippen molar-refractivity contribution in [2.45, 2.75) is 0 Å². The molecule has 18 heavy (non-hydrogen) atoms. The van der Waals surface area contributed by atoms with Crippen LogP contribution in [0.2, 0.25) is 0 Å². The number of nitrogens with zero attached hydrogens (tertiary/aromatic N) is 3. The number of nitrogens with two attached hydrogens (primary N) is 1. The first-order valence-electron chi connectivity index (χ1n) is 5.27. The zero-order valence-electron chi connectivity index (χ0n) is 9.76. The summed E-state index contributed by atoms with van der Waals surface area (Å²) in [6.45, 7) is 0. The molecule has 0 atom stereocenters. The lowest BCUT2D eigenvalue weighted by Crippen LogP contribution is -2.14. The quantitative estimate of drug-likeness (QED) is 0.926. The van der Waals surface area contributed by atoms with Crippen LogP contribution in [-0.4, -0.2) is 12.0 Å². The van der Waals surface area contributed by atoms with E-state index in [1.54, 1.807) is 23.2 Å². The topological polar surface area (TPSA) is 65.9 Å². The Morgan fingerprint density at radius 2 is 2.11 bits per heavy atom. The number of nitrogen functional groups attached to an aromatic ring is 1. The van der Waals surface area contributed by atoms with Gasteiger partial charge in [0.2, 0.25) is 0 Å². The summed E-state index contributed by atoms with van der Waals surface area (Å²) in [5.41, 5.74) is 7.86. The van der Waals surface area contributed by atoms with E-state index in [2.05, 4.69) is 27.0 Å². The Hall–Kier alpha value is -2.06. The largest absolute Gasteiger partial charge is 0.396 e. The number of rotatable bonds is 2. The first-order valence-corrected chi connectivity index (χ1v) is 6.06. The number of hydrogen-bond donors (Lipinski definition) is 1. The molecule has 0 aliphatic rings. The summed E-state index contributed by atoms with van der Waals surface area (Å²) in [4.78, 5) is 6.08. The van der Waals surface area contributed by atoms with Crippen molar-refractivity contribution in [2.75, 3.05) is 17.7 Å². The maximum atomic E-state index is 9.09. The van der Waals surface area contributed by atoms with Gasteiger partial charge in [-0.05, 0) is 34.1 Å². The maximum absolute atomic E-state index is 9.09. The van der Waals surface area contributed by atoms with Gasteiger partial charge in [0.15, 0.2) is 5.82 Å². The van der Waals surface area contributed by atoms with Gasteiger partial charge >= 0.3 is 0 Å². The highest BCUT2D eigenvalue weighted by molar-refractivity contribution is 9.10. The van der Waals surface area contributed by atoms with Crippen molar-refractivity contribution in [1.82, 2.24) is 4.98 Å². The highest BCUT2D eigenvalue weighted by Crippen LogP contribution is 2.30. The highest BCUT2D eigenvalue weighted by atomic mass is 79.9.